The van der Waals surface area contributed by atoms with Crippen LogP contribution in [0.3, 0.4) is 0 Å². The van der Waals surface area contributed by atoms with Gasteiger partial charge in [-0.3, -0.25) is 4.79 Å². The van der Waals surface area contributed by atoms with Crippen LogP contribution in [0, 0.1) is 5.92 Å². The predicted molar refractivity (Wildman–Crippen MR) is 68.1 cm³/mol. The number of hydrogen-bond donors (Lipinski definition) is 1. The Hall–Kier alpha value is -0.880. The molecule has 0 saturated heterocycles. The summed E-state index contributed by atoms with van der Waals surface area (Å²) in [5, 5.41) is 11.4. The van der Waals surface area contributed by atoms with Crippen molar-refractivity contribution in [3.8, 4) is 0 Å². The number of carboxylic acid groups (broad SMARTS) is 1. The second-order valence-electron chi connectivity index (χ2n) is 4.25. The number of sulfone groups is 1. The second-order valence-corrected chi connectivity index (χ2v) is 7.27. The molecule has 4 nitrogen and oxygen atoms in total. The molecular weight excluding hydrogens is 260 g/mol. The molecule has 1 N–H and O–H groups in total. The Balaban J connectivity index is 2.76. The monoisotopic (exact) mass is 276 g/mol. The molecule has 0 spiro atoms. The van der Waals surface area contributed by atoms with E-state index in [1.807, 2.05) is 16.8 Å². The molecule has 6 heteroatoms. The summed E-state index contributed by atoms with van der Waals surface area (Å²) in [7, 11) is -3.59. The van der Waals surface area contributed by atoms with Crippen LogP contribution in [-0.4, -0.2) is 30.5 Å². The van der Waals surface area contributed by atoms with Crippen LogP contribution >= 0.6 is 11.3 Å². The summed E-state index contributed by atoms with van der Waals surface area (Å²) < 4.78 is 23.9. The van der Waals surface area contributed by atoms with Gasteiger partial charge >= 0.3 is 5.97 Å². The van der Waals surface area contributed by atoms with Gasteiger partial charge in [0, 0.05) is 0 Å². The van der Waals surface area contributed by atoms with Gasteiger partial charge in [-0.15, -0.1) is 0 Å². The summed E-state index contributed by atoms with van der Waals surface area (Å²) in [6.07, 6.45) is 0.377. The first-order valence-corrected chi connectivity index (χ1v) is 7.96. The van der Waals surface area contributed by atoms with Crippen LogP contribution in [0.25, 0.3) is 0 Å². The maximum absolute atomic E-state index is 11.9. The summed E-state index contributed by atoms with van der Waals surface area (Å²) in [4.78, 5) is 11.0. The number of aliphatic carboxylic acids is 1. The lowest BCUT2D eigenvalue weighted by Gasteiger charge is -2.16. The van der Waals surface area contributed by atoms with Gasteiger partial charge in [-0.25, -0.2) is 8.42 Å². The minimum atomic E-state index is -3.59. The molecule has 1 heterocycles. The van der Waals surface area contributed by atoms with Gasteiger partial charge in [0.25, 0.3) is 0 Å². The van der Waals surface area contributed by atoms with E-state index in [1.54, 1.807) is 13.8 Å². The van der Waals surface area contributed by atoms with E-state index < -0.39 is 27.0 Å². The molecule has 1 aromatic heterocycles. The number of carbonyl (C=O) groups is 1. The Morgan fingerprint density at radius 1 is 1.47 bits per heavy atom. The van der Waals surface area contributed by atoms with E-state index in [-0.39, 0.29) is 5.75 Å². The number of aryl methyl sites for hydroxylation is 1. The van der Waals surface area contributed by atoms with Crippen molar-refractivity contribution in [1.29, 1.82) is 0 Å². The quantitative estimate of drug-likeness (QED) is 0.860. The van der Waals surface area contributed by atoms with Crippen LogP contribution in [0.4, 0.5) is 0 Å². The number of hydrogen-bond acceptors (Lipinski definition) is 4. The summed E-state index contributed by atoms with van der Waals surface area (Å²) >= 11 is 1.50. The van der Waals surface area contributed by atoms with Gasteiger partial charge in [0.2, 0.25) is 0 Å². The van der Waals surface area contributed by atoms with Crippen molar-refractivity contribution >= 4 is 27.1 Å². The maximum atomic E-state index is 11.9. The van der Waals surface area contributed by atoms with E-state index in [4.69, 9.17) is 5.11 Å². The molecule has 1 aromatic rings. The topological polar surface area (TPSA) is 71.4 Å². The van der Waals surface area contributed by atoms with Crippen molar-refractivity contribution in [2.45, 2.75) is 25.5 Å². The Morgan fingerprint density at radius 3 is 2.53 bits per heavy atom. The normalized spacial score (nSPS) is 13.8. The minimum Gasteiger partial charge on any atom is -0.480 e. The Morgan fingerprint density at radius 2 is 2.12 bits per heavy atom. The fourth-order valence-electron chi connectivity index (χ4n) is 1.68. The van der Waals surface area contributed by atoms with Gasteiger partial charge in [-0.05, 0) is 34.7 Å². The lowest BCUT2D eigenvalue weighted by atomic mass is 10.1. The van der Waals surface area contributed by atoms with Gasteiger partial charge in [-0.2, -0.15) is 11.3 Å². The third-order valence-corrected chi connectivity index (χ3v) is 5.52. The lowest BCUT2D eigenvalue weighted by Crippen LogP contribution is -2.36. The van der Waals surface area contributed by atoms with Crippen molar-refractivity contribution in [2.24, 2.45) is 5.92 Å². The molecule has 0 aliphatic rings. The van der Waals surface area contributed by atoms with Gasteiger partial charge in [0.1, 0.15) is 0 Å². The molecule has 17 heavy (non-hydrogen) atoms. The van der Waals surface area contributed by atoms with Gasteiger partial charge in [0.15, 0.2) is 15.1 Å². The average Bonchev–Trinajstić information content (AvgIpc) is 2.64. The van der Waals surface area contributed by atoms with Crippen LogP contribution in [0.15, 0.2) is 16.8 Å². The first-order chi connectivity index (χ1) is 7.84. The molecule has 1 unspecified atom stereocenters. The van der Waals surface area contributed by atoms with E-state index in [0.29, 0.717) is 6.42 Å². The number of carboxylic acids is 1. The first kappa shape index (κ1) is 14.2. The molecule has 1 atom stereocenters. The van der Waals surface area contributed by atoms with E-state index in [0.717, 1.165) is 5.56 Å². The van der Waals surface area contributed by atoms with Crippen LogP contribution < -0.4 is 0 Å². The summed E-state index contributed by atoms with van der Waals surface area (Å²) in [5.74, 6) is -1.79. The third kappa shape index (κ3) is 3.81. The summed E-state index contributed by atoms with van der Waals surface area (Å²) in [6.45, 7) is 3.22. The zero-order valence-electron chi connectivity index (χ0n) is 9.79. The highest BCUT2D eigenvalue weighted by molar-refractivity contribution is 7.92. The lowest BCUT2D eigenvalue weighted by molar-refractivity contribution is -0.137. The van der Waals surface area contributed by atoms with Crippen LogP contribution in [0.5, 0.6) is 0 Å². The van der Waals surface area contributed by atoms with Crippen molar-refractivity contribution in [3.63, 3.8) is 0 Å². The Kier molecular flexibility index (Phi) is 4.70. The minimum absolute atomic E-state index is 0.112. The van der Waals surface area contributed by atoms with Crippen LogP contribution in [0.2, 0.25) is 0 Å². The van der Waals surface area contributed by atoms with Gasteiger partial charge in [0.05, 0.1) is 5.75 Å². The van der Waals surface area contributed by atoms with Gasteiger partial charge < -0.3 is 5.11 Å². The van der Waals surface area contributed by atoms with Crippen molar-refractivity contribution in [2.75, 3.05) is 5.75 Å². The molecule has 1 rings (SSSR count). The SMILES string of the molecule is CC(C)C(C(=O)O)S(=O)(=O)CCc1ccsc1. The number of rotatable bonds is 6. The van der Waals surface area contributed by atoms with E-state index in [1.165, 1.54) is 11.3 Å². The smallest absolute Gasteiger partial charge is 0.322 e. The molecule has 96 valence electrons. The van der Waals surface area contributed by atoms with Crippen molar-refractivity contribution < 1.29 is 18.3 Å². The largest absolute Gasteiger partial charge is 0.480 e. The zero-order valence-corrected chi connectivity index (χ0v) is 11.4. The van der Waals surface area contributed by atoms with E-state index in [2.05, 4.69) is 0 Å². The Labute approximate surface area is 105 Å². The maximum Gasteiger partial charge on any atom is 0.322 e. The molecule has 0 fully saturated rings. The summed E-state index contributed by atoms with van der Waals surface area (Å²) in [5.41, 5.74) is 0.937. The number of thiophene rings is 1. The van der Waals surface area contributed by atoms with Crippen LogP contribution in [0.1, 0.15) is 19.4 Å². The molecule has 0 radical (unpaired) electrons. The zero-order chi connectivity index (χ0) is 13.1. The highest BCUT2D eigenvalue weighted by Gasteiger charge is 2.34. The first-order valence-electron chi connectivity index (χ1n) is 5.30. The summed E-state index contributed by atoms with van der Waals surface area (Å²) in [6, 6.07) is 1.85. The molecule has 0 aliphatic carbocycles. The predicted octanol–water partition coefficient (Wildman–Crippen LogP) is 1.81. The standard InChI is InChI=1S/C11H16O4S2/c1-8(2)10(11(12)13)17(14,15)6-4-9-3-5-16-7-9/h3,5,7-8,10H,4,6H2,1-2H3,(H,12,13). The average molecular weight is 276 g/mol. The molecular formula is C11H16O4S2. The third-order valence-electron chi connectivity index (χ3n) is 2.49. The van der Waals surface area contributed by atoms with Crippen molar-refractivity contribution in [1.82, 2.24) is 0 Å². The highest BCUT2D eigenvalue weighted by Crippen LogP contribution is 2.16. The fraction of sp³-hybridized carbons (Fsp3) is 0.545. The molecule has 0 amide bonds. The Bertz CT molecular complexity index is 460. The fourth-order valence-corrected chi connectivity index (χ4v) is 4.29. The molecule has 0 aliphatic heterocycles. The molecule has 0 saturated carbocycles. The molecule has 0 bridgehead atoms. The second kappa shape index (κ2) is 5.64. The van der Waals surface area contributed by atoms with Crippen molar-refractivity contribution in [3.05, 3.63) is 22.4 Å². The highest BCUT2D eigenvalue weighted by atomic mass is 32.2. The molecule has 0 aromatic carbocycles. The van der Waals surface area contributed by atoms with Crippen LogP contribution in [-0.2, 0) is 21.1 Å². The van der Waals surface area contributed by atoms with E-state index in [9.17, 15) is 13.2 Å². The van der Waals surface area contributed by atoms with E-state index >= 15 is 0 Å². The van der Waals surface area contributed by atoms with Gasteiger partial charge in [-0.1, -0.05) is 13.8 Å².